The zero-order chi connectivity index (χ0) is 18.2. The molecule has 1 aliphatic heterocycles. The number of aliphatic hydroxyl groups excluding tert-OH is 2. The van der Waals surface area contributed by atoms with Gasteiger partial charge in [0.2, 0.25) is 0 Å². The monoisotopic (exact) mass is 351 g/mol. The highest BCUT2D eigenvalue weighted by molar-refractivity contribution is 5.68. The summed E-state index contributed by atoms with van der Waals surface area (Å²) in [7, 11) is 0. The van der Waals surface area contributed by atoms with Gasteiger partial charge in [0.25, 0.3) is 0 Å². The number of amides is 1. The molecule has 1 saturated heterocycles. The van der Waals surface area contributed by atoms with Gasteiger partial charge in [0, 0.05) is 44.9 Å². The molecular formula is C17H25N3O5. The minimum Gasteiger partial charge on any atom is -0.492 e. The quantitative estimate of drug-likeness (QED) is 0.699. The van der Waals surface area contributed by atoms with Gasteiger partial charge < -0.3 is 24.6 Å². The van der Waals surface area contributed by atoms with Gasteiger partial charge in [0.1, 0.15) is 12.4 Å². The van der Waals surface area contributed by atoms with Crippen molar-refractivity contribution >= 4 is 6.09 Å². The van der Waals surface area contributed by atoms with Crippen LogP contribution in [0.3, 0.4) is 0 Å². The molecule has 8 heteroatoms. The summed E-state index contributed by atoms with van der Waals surface area (Å²) < 4.78 is 10.7. The summed E-state index contributed by atoms with van der Waals surface area (Å²) in [5.41, 5.74) is 0.928. The van der Waals surface area contributed by atoms with E-state index in [0.717, 1.165) is 13.1 Å². The van der Waals surface area contributed by atoms with Crippen molar-refractivity contribution in [3.63, 3.8) is 0 Å². The van der Waals surface area contributed by atoms with E-state index in [4.69, 9.17) is 9.47 Å². The molecule has 1 aliphatic rings. The standard InChI is InChI=1S/C17H25N3O5/c1-13(2)25-17(23)20-5-3-19(4-6-20)7-8-24-16-9-14(11-21)18-15(10-16)12-22/h9-10,21-22H,1,3-8,11-12H2,2H3. The van der Waals surface area contributed by atoms with Crippen LogP contribution in [0.4, 0.5) is 4.79 Å². The largest absolute Gasteiger partial charge is 0.492 e. The van der Waals surface area contributed by atoms with E-state index >= 15 is 0 Å². The topological polar surface area (TPSA) is 95.4 Å². The van der Waals surface area contributed by atoms with E-state index in [1.165, 1.54) is 0 Å². The van der Waals surface area contributed by atoms with Gasteiger partial charge in [0.15, 0.2) is 0 Å². The Kier molecular flexibility index (Phi) is 7.17. The lowest BCUT2D eigenvalue weighted by molar-refractivity contribution is 0.0894. The molecule has 8 nitrogen and oxygen atoms in total. The maximum Gasteiger partial charge on any atom is 0.414 e. The highest BCUT2D eigenvalue weighted by Crippen LogP contribution is 2.15. The molecule has 2 rings (SSSR count). The first kappa shape index (κ1) is 19.2. The van der Waals surface area contributed by atoms with Crippen LogP contribution in [0, 0.1) is 0 Å². The van der Waals surface area contributed by atoms with Gasteiger partial charge >= 0.3 is 6.09 Å². The predicted octanol–water partition coefficient (Wildman–Crippen LogP) is 0.733. The summed E-state index contributed by atoms with van der Waals surface area (Å²) >= 11 is 0. The summed E-state index contributed by atoms with van der Waals surface area (Å²) in [5, 5.41) is 18.4. The molecule has 138 valence electrons. The molecule has 0 aliphatic carbocycles. The van der Waals surface area contributed by atoms with Gasteiger partial charge in [-0.1, -0.05) is 6.58 Å². The van der Waals surface area contributed by atoms with Crippen molar-refractivity contribution in [3.8, 4) is 5.75 Å². The van der Waals surface area contributed by atoms with E-state index in [-0.39, 0.29) is 19.3 Å². The normalized spacial score (nSPS) is 15.1. The summed E-state index contributed by atoms with van der Waals surface area (Å²) in [4.78, 5) is 19.7. The van der Waals surface area contributed by atoms with Gasteiger partial charge in [-0.25, -0.2) is 4.79 Å². The molecule has 2 N–H and O–H groups in total. The molecule has 1 fully saturated rings. The summed E-state index contributed by atoms with van der Waals surface area (Å²) in [6, 6.07) is 3.31. The predicted molar refractivity (Wildman–Crippen MR) is 90.9 cm³/mol. The molecule has 0 atom stereocenters. The summed E-state index contributed by atoms with van der Waals surface area (Å²) in [6.45, 7) is 8.69. The number of hydrogen-bond acceptors (Lipinski definition) is 7. The molecule has 1 aromatic rings. The second-order valence-corrected chi connectivity index (χ2v) is 5.85. The van der Waals surface area contributed by atoms with Crippen LogP contribution in [0.1, 0.15) is 18.3 Å². The number of hydrogen-bond donors (Lipinski definition) is 2. The highest BCUT2D eigenvalue weighted by Gasteiger charge is 2.22. The van der Waals surface area contributed by atoms with Gasteiger partial charge in [-0.15, -0.1) is 0 Å². The van der Waals surface area contributed by atoms with E-state index in [1.807, 2.05) is 0 Å². The van der Waals surface area contributed by atoms with Crippen molar-refractivity contribution in [2.24, 2.45) is 0 Å². The van der Waals surface area contributed by atoms with E-state index in [1.54, 1.807) is 24.0 Å². The van der Waals surface area contributed by atoms with Crippen molar-refractivity contribution in [1.29, 1.82) is 0 Å². The van der Waals surface area contributed by atoms with Crippen molar-refractivity contribution in [2.75, 3.05) is 39.3 Å². The first-order chi connectivity index (χ1) is 12.0. The van der Waals surface area contributed by atoms with Crippen LogP contribution in [0.25, 0.3) is 0 Å². The average molecular weight is 351 g/mol. The Morgan fingerprint density at radius 1 is 1.20 bits per heavy atom. The van der Waals surface area contributed by atoms with Crippen LogP contribution in [-0.4, -0.2) is 70.4 Å². The number of allylic oxidation sites excluding steroid dienone is 1. The molecule has 0 unspecified atom stereocenters. The molecule has 2 heterocycles. The second kappa shape index (κ2) is 9.36. The lowest BCUT2D eigenvalue weighted by Crippen LogP contribution is -2.49. The first-order valence-electron chi connectivity index (χ1n) is 8.20. The fourth-order valence-electron chi connectivity index (χ4n) is 2.52. The first-order valence-corrected chi connectivity index (χ1v) is 8.20. The van der Waals surface area contributed by atoms with Crippen LogP contribution in [0.5, 0.6) is 5.75 Å². The van der Waals surface area contributed by atoms with E-state index < -0.39 is 0 Å². The maximum absolute atomic E-state index is 11.8. The zero-order valence-corrected chi connectivity index (χ0v) is 14.5. The van der Waals surface area contributed by atoms with Crippen LogP contribution in [0.15, 0.2) is 24.5 Å². The number of pyridine rings is 1. The minimum atomic E-state index is -0.353. The lowest BCUT2D eigenvalue weighted by atomic mass is 10.3. The fraction of sp³-hybridized carbons (Fsp3) is 0.529. The third kappa shape index (κ3) is 6.00. The average Bonchev–Trinajstić information content (AvgIpc) is 2.61. The molecule has 0 saturated carbocycles. The number of ether oxygens (including phenoxy) is 2. The van der Waals surface area contributed by atoms with Gasteiger partial charge in [-0.2, -0.15) is 0 Å². The summed E-state index contributed by atoms with van der Waals surface area (Å²) in [6.07, 6.45) is -0.353. The Bertz CT molecular complexity index is 578. The molecule has 0 aromatic carbocycles. The number of nitrogens with zero attached hydrogens (tertiary/aromatic N) is 3. The van der Waals surface area contributed by atoms with Crippen LogP contribution in [-0.2, 0) is 18.0 Å². The Labute approximate surface area is 147 Å². The van der Waals surface area contributed by atoms with E-state index in [0.29, 0.717) is 49.1 Å². The second-order valence-electron chi connectivity index (χ2n) is 5.85. The van der Waals surface area contributed by atoms with Crippen molar-refractivity contribution in [2.45, 2.75) is 20.1 Å². The Balaban J connectivity index is 1.75. The molecule has 0 radical (unpaired) electrons. The van der Waals surface area contributed by atoms with E-state index in [9.17, 15) is 15.0 Å². The number of carbonyl (C=O) groups excluding carboxylic acids is 1. The molecule has 0 spiro atoms. The number of carbonyl (C=O) groups is 1. The smallest absolute Gasteiger partial charge is 0.414 e. The van der Waals surface area contributed by atoms with Gasteiger partial charge in [0.05, 0.1) is 30.4 Å². The minimum absolute atomic E-state index is 0.202. The molecular weight excluding hydrogens is 326 g/mol. The Morgan fingerprint density at radius 2 is 1.80 bits per heavy atom. The zero-order valence-electron chi connectivity index (χ0n) is 14.5. The van der Waals surface area contributed by atoms with Crippen molar-refractivity contribution in [1.82, 2.24) is 14.8 Å². The Morgan fingerprint density at radius 3 is 2.32 bits per heavy atom. The molecule has 25 heavy (non-hydrogen) atoms. The lowest BCUT2D eigenvalue weighted by Gasteiger charge is -2.33. The third-order valence-corrected chi connectivity index (χ3v) is 3.80. The third-order valence-electron chi connectivity index (χ3n) is 3.80. The van der Waals surface area contributed by atoms with Crippen LogP contribution in [0.2, 0.25) is 0 Å². The van der Waals surface area contributed by atoms with Crippen molar-refractivity contribution < 1.29 is 24.5 Å². The van der Waals surface area contributed by atoms with Crippen LogP contribution < -0.4 is 4.74 Å². The van der Waals surface area contributed by atoms with E-state index in [2.05, 4.69) is 16.5 Å². The number of aromatic nitrogens is 1. The molecule has 1 aromatic heterocycles. The number of rotatable bonds is 7. The van der Waals surface area contributed by atoms with Crippen molar-refractivity contribution in [3.05, 3.63) is 35.9 Å². The Hall–Kier alpha value is -2.16. The summed E-state index contributed by atoms with van der Waals surface area (Å²) in [5.74, 6) is 0.967. The molecule has 1 amide bonds. The maximum atomic E-state index is 11.8. The van der Waals surface area contributed by atoms with Gasteiger partial charge in [-0.05, 0) is 6.92 Å². The number of aliphatic hydroxyl groups is 2. The number of piperazine rings is 1. The fourth-order valence-corrected chi connectivity index (χ4v) is 2.52. The highest BCUT2D eigenvalue weighted by atomic mass is 16.6. The van der Waals surface area contributed by atoms with Crippen LogP contribution >= 0.6 is 0 Å². The SMILES string of the molecule is C=C(C)OC(=O)N1CCN(CCOc2cc(CO)nc(CO)c2)CC1. The molecule has 0 bridgehead atoms. The van der Waals surface area contributed by atoms with Gasteiger partial charge in [-0.3, -0.25) is 9.88 Å².